The predicted octanol–water partition coefficient (Wildman–Crippen LogP) is 4.45. The Kier molecular flexibility index (Phi) is 7.59. The van der Waals surface area contributed by atoms with Gasteiger partial charge in [-0.2, -0.15) is 13.2 Å². The first-order valence-electron chi connectivity index (χ1n) is 5.71. The van der Waals surface area contributed by atoms with Crippen molar-refractivity contribution in [2.24, 2.45) is 0 Å². The highest BCUT2D eigenvalue weighted by molar-refractivity contribution is 5.27. The minimum absolute atomic E-state index is 0.308. The first-order chi connectivity index (χ1) is 8.36. The second-order valence-electron chi connectivity index (χ2n) is 3.76. The molecule has 0 aliphatic heterocycles. The minimum atomic E-state index is -4.65. The molecule has 0 aromatic heterocycles. The summed E-state index contributed by atoms with van der Waals surface area (Å²) < 4.78 is 54.4. The number of ether oxygens (including phenoxy) is 1. The van der Waals surface area contributed by atoms with Crippen molar-refractivity contribution in [3.05, 3.63) is 35.1 Å². The van der Waals surface area contributed by atoms with Crippen LogP contribution in [0.2, 0.25) is 0 Å². The molecular formula is C13H18F4O. The molecular weight excluding hydrogens is 248 g/mol. The minimum Gasteiger partial charge on any atom is -0.384 e. The highest BCUT2D eigenvalue weighted by atomic mass is 19.4. The molecule has 0 saturated carbocycles. The van der Waals surface area contributed by atoms with Crippen molar-refractivity contribution >= 4 is 0 Å². The lowest BCUT2D eigenvalue weighted by atomic mass is 10.1. The van der Waals surface area contributed by atoms with E-state index in [0.717, 1.165) is 12.1 Å². The van der Waals surface area contributed by atoms with E-state index in [1.807, 2.05) is 0 Å². The summed E-state index contributed by atoms with van der Waals surface area (Å²) in [4.78, 5) is 0. The molecule has 1 rings (SSSR count). The standard InChI is InChI=1S/C10H10F4O.C3H8/c1-15-5-4-7-2-3-9(11)8(6-7)10(12,13)14;1-3-2/h2-3,6H,4-5H2,1H3;3H2,1-2H3. The molecule has 0 radical (unpaired) electrons. The summed E-state index contributed by atoms with van der Waals surface area (Å²) >= 11 is 0. The monoisotopic (exact) mass is 266 g/mol. The number of rotatable bonds is 3. The van der Waals surface area contributed by atoms with Crippen LogP contribution >= 0.6 is 0 Å². The van der Waals surface area contributed by atoms with Crippen LogP contribution in [0.15, 0.2) is 18.2 Å². The predicted molar refractivity (Wildman–Crippen MR) is 62.9 cm³/mol. The van der Waals surface area contributed by atoms with Gasteiger partial charge in [-0.25, -0.2) is 4.39 Å². The van der Waals surface area contributed by atoms with Crippen LogP contribution in [0.5, 0.6) is 0 Å². The lowest BCUT2D eigenvalue weighted by Crippen LogP contribution is -2.09. The van der Waals surface area contributed by atoms with Crippen molar-refractivity contribution in [3.8, 4) is 0 Å². The van der Waals surface area contributed by atoms with E-state index in [4.69, 9.17) is 4.74 Å². The Morgan fingerprint density at radius 1 is 1.17 bits per heavy atom. The Balaban J connectivity index is 0.000000873. The van der Waals surface area contributed by atoms with Gasteiger partial charge in [0, 0.05) is 7.11 Å². The van der Waals surface area contributed by atoms with E-state index in [9.17, 15) is 17.6 Å². The van der Waals surface area contributed by atoms with E-state index < -0.39 is 17.6 Å². The quantitative estimate of drug-likeness (QED) is 0.734. The third-order valence-electron chi connectivity index (χ3n) is 1.93. The number of alkyl halides is 3. The summed E-state index contributed by atoms with van der Waals surface area (Å²) in [6, 6.07) is 2.96. The van der Waals surface area contributed by atoms with Crippen molar-refractivity contribution < 1.29 is 22.3 Å². The molecule has 18 heavy (non-hydrogen) atoms. The molecule has 1 aromatic carbocycles. The van der Waals surface area contributed by atoms with Gasteiger partial charge in [-0.3, -0.25) is 0 Å². The first-order valence-corrected chi connectivity index (χ1v) is 5.71. The fourth-order valence-corrected chi connectivity index (χ4v) is 1.17. The highest BCUT2D eigenvalue weighted by Gasteiger charge is 2.34. The number of benzene rings is 1. The van der Waals surface area contributed by atoms with Gasteiger partial charge in [0.15, 0.2) is 0 Å². The van der Waals surface area contributed by atoms with Crippen LogP contribution in [0.25, 0.3) is 0 Å². The molecule has 1 aromatic rings. The molecule has 0 atom stereocenters. The molecule has 0 aliphatic rings. The summed E-state index contributed by atoms with van der Waals surface area (Å²) in [6.07, 6.45) is -3.06. The summed E-state index contributed by atoms with van der Waals surface area (Å²) in [5.41, 5.74) is -0.818. The first kappa shape index (κ1) is 16.9. The van der Waals surface area contributed by atoms with Gasteiger partial charge in [-0.15, -0.1) is 0 Å². The Hall–Kier alpha value is -1.10. The molecule has 104 valence electrons. The van der Waals surface area contributed by atoms with Gasteiger partial charge in [0.05, 0.1) is 12.2 Å². The van der Waals surface area contributed by atoms with Crippen molar-refractivity contribution in [3.63, 3.8) is 0 Å². The van der Waals surface area contributed by atoms with Gasteiger partial charge < -0.3 is 4.74 Å². The largest absolute Gasteiger partial charge is 0.419 e. The molecule has 0 amide bonds. The summed E-state index contributed by atoms with van der Waals surface area (Å²) in [5, 5.41) is 0. The average molecular weight is 266 g/mol. The molecule has 0 heterocycles. The van der Waals surface area contributed by atoms with E-state index >= 15 is 0 Å². The van der Waals surface area contributed by atoms with E-state index in [-0.39, 0.29) is 0 Å². The third kappa shape index (κ3) is 6.00. The molecule has 5 heteroatoms. The van der Waals surface area contributed by atoms with Crippen LogP contribution in [0.3, 0.4) is 0 Å². The topological polar surface area (TPSA) is 9.23 Å². The zero-order valence-corrected chi connectivity index (χ0v) is 10.8. The second-order valence-corrected chi connectivity index (χ2v) is 3.76. The number of hydrogen-bond donors (Lipinski definition) is 0. The molecule has 0 fully saturated rings. The fourth-order valence-electron chi connectivity index (χ4n) is 1.17. The molecule has 0 spiro atoms. The number of hydrogen-bond acceptors (Lipinski definition) is 1. The molecule has 0 bridgehead atoms. The molecule has 0 saturated heterocycles. The Bertz CT molecular complexity index is 347. The lowest BCUT2D eigenvalue weighted by molar-refractivity contribution is -0.140. The molecule has 1 nitrogen and oxygen atoms in total. The SMILES string of the molecule is CCC.COCCc1ccc(F)c(C(F)(F)F)c1. The summed E-state index contributed by atoms with van der Waals surface area (Å²) in [6.45, 7) is 4.56. The Morgan fingerprint density at radius 3 is 2.17 bits per heavy atom. The van der Waals surface area contributed by atoms with E-state index in [2.05, 4.69) is 13.8 Å². The lowest BCUT2D eigenvalue weighted by Gasteiger charge is -2.09. The van der Waals surface area contributed by atoms with Gasteiger partial charge >= 0.3 is 6.18 Å². The van der Waals surface area contributed by atoms with Gasteiger partial charge in [0.1, 0.15) is 5.82 Å². The van der Waals surface area contributed by atoms with Crippen LogP contribution in [-0.2, 0) is 17.3 Å². The summed E-state index contributed by atoms with van der Waals surface area (Å²) in [7, 11) is 1.45. The van der Waals surface area contributed by atoms with Crippen LogP contribution in [0.1, 0.15) is 31.4 Å². The maximum Gasteiger partial charge on any atom is 0.419 e. The van der Waals surface area contributed by atoms with Gasteiger partial charge in [0.2, 0.25) is 0 Å². The van der Waals surface area contributed by atoms with Crippen molar-refractivity contribution in [1.82, 2.24) is 0 Å². The maximum atomic E-state index is 12.8. The fraction of sp³-hybridized carbons (Fsp3) is 0.538. The third-order valence-corrected chi connectivity index (χ3v) is 1.93. The van der Waals surface area contributed by atoms with Crippen LogP contribution < -0.4 is 0 Å². The number of methoxy groups -OCH3 is 1. The van der Waals surface area contributed by atoms with Crippen molar-refractivity contribution in [2.45, 2.75) is 32.9 Å². The zero-order chi connectivity index (χ0) is 14.2. The van der Waals surface area contributed by atoms with E-state index in [1.165, 1.54) is 19.6 Å². The van der Waals surface area contributed by atoms with Crippen LogP contribution in [0.4, 0.5) is 17.6 Å². The summed E-state index contributed by atoms with van der Waals surface area (Å²) in [5.74, 6) is -1.25. The van der Waals surface area contributed by atoms with Crippen molar-refractivity contribution in [2.75, 3.05) is 13.7 Å². The van der Waals surface area contributed by atoms with Gasteiger partial charge in [-0.05, 0) is 24.1 Å². The van der Waals surface area contributed by atoms with Gasteiger partial charge in [-0.1, -0.05) is 26.3 Å². The average Bonchev–Trinajstić information content (AvgIpc) is 2.27. The van der Waals surface area contributed by atoms with Gasteiger partial charge in [0.25, 0.3) is 0 Å². The van der Waals surface area contributed by atoms with Crippen LogP contribution in [-0.4, -0.2) is 13.7 Å². The second kappa shape index (κ2) is 8.08. The Morgan fingerprint density at radius 2 is 1.72 bits per heavy atom. The zero-order valence-electron chi connectivity index (χ0n) is 10.8. The molecule has 0 N–H and O–H groups in total. The van der Waals surface area contributed by atoms with Crippen molar-refractivity contribution in [1.29, 1.82) is 0 Å². The highest BCUT2D eigenvalue weighted by Crippen LogP contribution is 2.31. The normalized spacial score (nSPS) is 10.8. The maximum absolute atomic E-state index is 12.8. The molecule has 0 unspecified atom stereocenters. The Labute approximate surface area is 105 Å². The smallest absolute Gasteiger partial charge is 0.384 e. The number of halogens is 4. The van der Waals surface area contributed by atoms with E-state index in [1.54, 1.807) is 0 Å². The van der Waals surface area contributed by atoms with E-state index in [0.29, 0.717) is 18.6 Å². The van der Waals surface area contributed by atoms with Crippen LogP contribution in [0, 0.1) is 5.82 Å². The molecule has 0 aliphatic carbocycles.